The summed E-state index contributed by atoms with van der Waals surface area (Å²) >= 11 is 0. The van der Waals surface area contributed by atoms with Gasteiger partial charge in [0.25, 0.3) is 5.56 Å². The van der Waals surface area contributed by atoms with E-state index in [1.807, 2.05) is 43.3 Å². The summed E-state index contributed by atoms with van der Waals surface area (Å²) in [5.41, 5.74) is 4.02. The van der Waals surface area contributed by atoms with E-state index in [0.29, 0.717) is 55.6 Å². The van der Waals surface area contributed by atoms with E-state index in [2.05, 4.69) is 58.3 Å². The smallest absolute Gasteiger partial charge is 0.309 e. The second-order valence-electron chi connectivity index (χ2n) is 14.2. The minimum atomic E-state index is -0.642. The number of Topliss-reactive ketones (excluding diaryl/α,β-unsaturated/α-hetero) is 1. The second-order valence-corrected chi connectivity index (χ2v) is 14.2. The third-order valence-electron chi connectivity index (χ3n) is 10.2. The van der Waals surface area contributed by atoms with Crippen molar-refractivity contribution in [1.29, 1.82) is 0 Å². The number of pyridine rings is 2. The van der Waals surface area contributed by atoms with Crippen LogP contribution in [-0.4, -0.2) is 55.0 Å². The minimum absolute atomic E-state index is 0.00210. The Kier molecular flexibility index (Phi) is 9.57. The fourth-order valence-corrected chi connectivity index (χ4v) is 7.86. The number of nitrogens with zero attached hydrogens (tertiary/aromatic N) is 5. The molecule has 1 aliphatic heterocycles. The average molecular weight is 675 g/mol. The lowest BCUT2D eigenvalue weighted by Gasteiger charge is -2.36. The monoisotopic (exact) mass is 674 g/mol. The molecule has 50 heavy (non-hydrogen) atoms. The highest BCUT2D eigenvalue weighted by Gasteiger charge is 2.29. The van der Waals surface area contributed by atoms with Crippen LogP contribution in [0.3, 0.4) is 0 Å². The van der Waals surface area contributed by atoms with Crippen LogP contribution in [0.2, 0.25) is 0 Å². The van der Waals surface area contributed by atoms with Crippen molar-refractivity contribution >= 4 is 16.8 Å². The fraction of sp³-hybridized carbons (Fsp3) is 0.375. The molecule has 1 N–H and O–H groups in total. The molecule has 1 saturated carbocycles. The SMILES string of the molecule is Cc1cccc(C(=O)CC2CCC(n3c(=O)c4cc(F)cnc4n(-c4cccc(-c5ccc(CN6C[C@@H](C)N[C@@H](C)C6)cc5)c4)c3=O)CC2)n1. The molecular weight excluding hydrogens is 631 g/mol. The van der Waals surface area contributed by atoms with E-state index in [0.717, 1.165) is 42.7 Å². The molecule has 2 atom stereocenters. The topological polar surface area (TPSA) is 102 Å². The molecule has 1 aliphatic carbocycles. The van der Waals surface area contributed by atoms with Crippen molar-refractivity contribution in [3.63, 3.8) is 0 Å². The van der Waals surface area contributed by atoms with Gasteiger partial charge in [0.05, 0.1) is 17.3 Å². The van der Waals surface area contributed by atoms with Gasteiger partial charge in [0.1, 0.15) is 11.5 Å². The standard InChI is InChI=1S/C40H43FN6O3/c1-25-6-4-9-36(44-25)37(48)18-28-12-16-33(17-13-28)47-39(49)35-20-32(41)21-42-38(35)46(40(47)50)34-8-5-7-31(19-34)30-14-10-29(11-15-30)24-45-22-26(2)43-27(3)23-45/h4-11,14-15,19-21,26-28,33,43H,12-13,16-18,22-24H2,1-3H3/t26-,27+,28?,33?. The first-order valence-electron chi connectivity index (χ1n) is 17.6. The normalized spacial score (nSPS) is 21.4. The minimum Gasteiger partial charge on any atom is -0.309 e. The molecule has 2 aromatic carbocycles. The van der Waals surface area contributed by atoms with Crippen molar-refractivity contribution < 1.29 is 9.18 Å². The van der Waals surface area contributed by atoms with Crippen molar-refractivity contribution in [2.45, 2.75) is 77.5 Å². The maximum absolute atomic E-state index is 14.5. The molecule has 0 radical (unpaired) electrons. The Bertz CT molecular complexity index is 2140. The van der Waals surface area contributed by atoms with Crippen LogP contribution in [0, 0.1) is 18.7 Å². The first-order chi connectivity index (χ1) is 24.1. The third-order valence-corrected chi connectivity index (χ3v) is 10.2. The van der Waals surface area contributed by atoms with Crippen LogP contribution >= 0.6 is 0 Å². The van der Waals surface area contributed by atoms with Crippen LogP contribution in [0.5, 0.6) is 0 Å². The van der Waals surface area contributed by atoms with Crippen LogP contribution in [0.1, 0.15) is 73.7 Å². The zero-order valence-electron chi connectivity index (χ0n) is 28.8. The van der Waals surface area contributed by atoms with E-state index >= 15 is 0 Å². The summed E-state index contributed by atoms with van der Waals surface area (Å²) in [5.74, 6) is -0.509. The van der Waals surface area contributed by atoms with Gasteiger partial charge in [0, 0.05) is 49.9 Å². The van der Waals surface area contributed by atoms with Gasteiger partial charge in [0.15, 0.2) is 11.4 Å². The molecule has 0 unspecified atom stereocenters. The average Bonchev–Trinajstić information content (AvgIpc) is 3.09. The van der Waals surface area contributed by atoms with Crippen LogP contribution in [0.25, 0.3) is 27.8 Å². The summed E-state index contributed by atoms with van der Waals surface area (Å²) in [4.78, 5) is 52.2. The molecule has 4 heterocycles. The first kappa shape index (κ1) is 33.7. The Morgan fingerprint density at radius 2 is 1.62 bits per heavy atom. The van der Waals surface area contributed by atoms with Crippen LogP contribution in [0.15, 0.2) is 88.6 Å². The summed E-state index contributed by atoms with van der Waals surface area (Å²) < 4.78 is 17.2. The van der Waals surface area contributed by atoms with Crippen LogP contribution < -0.4 is 16.6 Å². The predicted octanol–water partition coefficient (Wildman–Crippen LogP) is 6.24. The number of benzene rings is 2. The lowest BCUT2D eigenvalue weighted by Crippen LogP contribution is -2.53. The number of aryl methyl sites for hydroxylation is 1. The number of hydrogen-bond acceptors (Lipinski definition) is 7. The van der Waals surface area contributed by atoms with E-state index in [1.54, 1.807) is 6.07 Å². The lowest BCUT2D eigenvalue weighted by molar-refractivity contribution is 0.0937. The number of hydrogen-bond donors (Lipinski definition) is 1. The Morgan fingerprint density at radius 3 is 2.34 bits per heavy atom. The number of rotatable bonds is 8. The van der Waals surface area contributed by atoms with Gasteiger partial charge < -0.3 is 5.32 Å². The number of halogens is 1. The van der Waals surface area contributed by atoms with Gasteiger partial charge in [-0.05, 0) is 99.4 Å². The third kappa shape index (κ3) is 7.09. The Balaban J connectivity index is 1.16. The summed E-state index contributed by atoms with van der Waals surface area (Å²) in [6.07, 6.45) is 3.89. The van der Waals surface area contributed by atoms with Crippen LogP contribution in [-0.2, 0) is 6.54 Å². The molecule has 258 valence electrons. The number of aromatic nitrogens is 4. The van der Waals surface area contributed by atoms with Crippen LogP contribution in [0.4, 0.5) is 4.39 Å². The van der Waals surface area contributed by atoms with Crippen molar-refractivity contribution in [2.24, 2.45) is 5.92 Å². The molecule has 3 aromatic heterocycles. The molecule has 0 spiro atoms. The van der Waals surface area contributed by atoms with Crippen molar-refractivity contribution in [3.05, 3.63) is 123 Å². The van der Waals surface area contributed by atoms with Gasteiger partial charge in [-0.15, -0.1) is 0 Å². The van der Waals surface area contributed by atoms with Gasteiger partial charge in [-0.3, -0.25) is 24.0 Å². The van der Waals surface area contributed by atoms with Gasteiger partial charge in [-0.1, -0.05) is 42.5 Å². The van der Waals surface area contributed by atoms with Crippen molar-refractivity contribution in [2.75, 3.05) is 13.1 Å². The Labute approximate surface area is 290 Å². The summed E-state index contributed by atoms with van der Waals surface area (Å²) in [5, 5.41) is 3.63. The number of fused-ring (bicyclic) bond motifs is 1. The van der Waals surface area contributed by atoms with Gasteiger partial charge >= 0.3 is 5.69 Å². The van der Waals surface area contributed by atoms with Gasteiger partial charge in [-0.2, -0.15) is 0 Å². The molecule has 10 heteroatoms. The second kappa shape index (κ2) is 14.2. The van der Waals surface area contributed by atoms with E-state index in [4.69, 9.17) is 0 Å². The molecule has 7 rings (SSSR count). The fourth-order valence-electron chi connectivity index (χ4n) is 7.86. The molecule has 2 aliphatic rings. The molecular formula is C40H43FN6O3. The maximum Gasteiger partial charge on any atom is 0.337 e. The quantitative estimate of drug-likeness (QED) is 0.195. The van der Waals surface area contributed by atoms with Gasteiger partial charge in [0.2, 0.25) is 0 Å². The summed E-state index contributed by atoms with van der Waals surface area (Å²) in [6.45, 7) is 9.18. The Morgan fingerprint density at radius 1 is 0.900 bits per heavy atom. The first-order valence-corrected chi connectivity index (χ1v) is 17.6. The predicted molar refractivity (Wildman–Crippen MR) is 193 cm³/mol. The molecule has 9 nitrogen and oxygen atoms in total. The van der Waals surface area contributed by atoms with Crippen molar-refractivity contribution in [1.82, 2.24) is 29.3 Å². The maximum atomic E-state index is 14.5. The largest absolute Gasteiger partial charge is 0.337 e. The number of ketones is 1. The lowest BCUT2D eigenvalue weighted by atomic mass is 9.82. The van der Waals surface area contributed by atoms with Gasteiger partial charge in [-0.25, -0.2) is 18.7 Å². The van der Waals surface area contributed by atoms with E-state index in [9.17, 15) is 18.8 Å². The summed E-state index contributed by atoms with van der Waals surface area (Å²) in [6, 6.07) is 23.2. The molecule has 2 fully saturated rings. The number of carbonyl (C=O) groups excluding carboxylic acids is 1. The highest BCUT2D eigenvalue weighted by Crippen LogP contribution is 2.34. The zero-order chi connectivity index (χ0) is 34.9. The summed E-state index contributed by atoms with van der Waals surface area (Å²) in [7, 11) is 0. The molecule has 0 amide bonds. The van der Waals surface area contributed by atoms with E-state index < -0.39 is 17.1 Å². The molecule has 5 aromatic rings. The molecule has 1 saturated heterocycles. The highest BCUT2D eigenvalue weighted by molar-refractivity contribution is 5.94. The van der Waals surface area contributed by atoms with E-state index in [1.165, 1.54) is 20.8 Å². The van der Waals surface area contributed by atoms with Crippen molar-refractivity contribution in [3.8, 4) is 16.8 Å². The number of piperazine rings is 1. The highest BCUT2D eigenvalue weighted by atomic mass is 19.1. The number of nitrogens with one attached hydrogen (secondary N) is 1. The van der Waals surface area contributed by atoms with E-state index in [-0.39, 0.29) is 28.8 Å². The number of carbonyl (C=O) groups is 1. The molecule has 0 bridgehead atoms. The Hall–Kier alpha value is -4.80. The zero-order valence-corrected chi connectivity index (χ0v) is 28.8.